The zero-order valence-corrected chi connectivity index (χ0v) is 20.2. The lowest BCUT2D eigenvalue weighted by atomic mass is 10.1. The number of hydrogen-bond donors (Lipinski definition) is 1. The minimum absolute atomic E-state index is 0.0175. The molecule has 6 nitrogen and oxygen atoms in total. The monoisotopic (exact) mass is 522 g/mol. The zero-order valence-electron chi connectivity index (χ0n) is 18.7. The van der Waals surface area contributed by atoms with E-state index in [2.05, 4.69) is 10.00 Å². The highest BCUT2D eigenvalue weighted by molar-refractivity contribution is 8.05. The summed E-state index contributed by atoms with van der Waals surface area (Å²) in [5, 5.41) is 15.5. The summed E-state index contributed by atoms with van der Waals surface area (Å²) >= 11 is 6.90. The Morgan fingerprint density at radius 3 is 2.77 bits per heavy atom. The molecule has 5 rings (SSSR count). The van der Waals surface area contributed by atoms with Crippen molar-refractivity contribution < 1.29 is 23.1 Å². The maximum absolute atomic E-state index is 13.5. The van der Waals surface area contributed by atoms with Crippen molar-refractivity contribution in [2.45, 2.75) is 30.7 Å². The number of alkyl halides is 3. The van der Waals surface area contributed by atoms with E-state index < -0.39 is 17.3 Å². The number of likely N-dealkylation sites (N-methyl/N-ethyl adjacent to an activating group) is 1. The standard InChI is InChI=1S/C24H22ClF3N4O2S/c1-30-7-6-18(13-30)32-22(33)21(35-23(32)34)9-14-2-5-20-16(8-14)11-29-31(20)12-15-3-4-17(25)10-19(15)24(26,27)28/h2-5,8-11,18,23,34H,6-7,12-13H2,1H3. The van der Waals surface area contributed by atoms with E-state index in [4.69, 9.17) is 11.6 Å². The maximum atomic E-state index is 13.5. The Hall–Kier alpha value is -2.53. The first-order valence-corrected chi connectivity index (χ1v) is 12.2. The summed E-state index contributed by atoms with van der Waals surface area (Å²) in [6.45, 7) is 1.54. The molecule has 0 aliphatic carbocycles. The lowest BCUT2D eigenvalue weighted by molar-refractivity contribution is -0.138. The molecular weight excluding hydrogens is 501 g/mol. The summed E-state index contributed by atoms with van der Waals surface area (Å²) in [5.74, 6) is -0.194. The summed E-state index contributed by atoms with van der Waals surface area (Å²) in [6, 6.07) is 9.07. The normalized spacial score (nSPS) is 22.7. The molecule has 2 saturated heterocycles. The van der Waals surface area contributed by atoms with Gasteiger partial charge in [0.2, 0.25) is 0 Å². The van der Waals surface area contributed by atoms with Gasteiger partial charge in [-0.1, -0.05) is 35.5 Å². The van der Waals surface area contributed by atoms with Crippen LogP contribution in [-0.4, -0.2) is 62.3 Å². The average molecular weight is 523 g/mol. The zero-order chi connectivity index (χ0) is 24.9. The van der Waals surface area contributed by atoms with Gasteiger partial charge in [0.25, 0.3) is 5.91 Å². The Labute approximate surface area is 208 Å². The van der Waals surface area contributed by atoms with Crippen LogP contribution >= 0.6 is 23.4 Å². The van der Waals surface area contributed by atoms with Crippen LogP contribution in [0, 0.1) is 0 Å². The first-order valence-electron chi connectivity index (χ1n) is 11.0. The van der Waals surface area contributed by atoms with Crippen molar-refractivity contribution in [3.05, 3.63) is 69.2 Å². The molecule has 11 heteroatoms. The lowest BCUT2D eigenvalue weighted by Crippen LogP contribution is -2.42. The Morgan fingerprint density at radius 2 is 2.06 bits per heavy atom. The average Bonchev–Trinajstić information content (AvgIpc) is 3.46. The third-order valence-corrected chi connectivity index (χ3v) is 7.56. The van der Waals surface area contributed by atoms with Crippen LogP contribution in [0.1, 0.15) is 23.1 Å². The highest BCUT2D eigenvalue weighted by Gasteiger charge is 2.41. The lowest BCUT2D eigenvalue weighted by Gasteiger charge is -2.25. The highest BCUT2D eigenvalue weighted by Crippen LogP contribution is 2.38. The van der Waals surface area contributed by atoms with Gasteiger partial charge in [0.15, 0.2) is 5.56 Å². The molecule has 1 N–H and O–H groups in total. The van der Waals surface area contributed by atoms with Gasteiger partial charge in [0, 0.05) is 23.0 Å². The number of aliphatic hydroxyl groups excluding tert-OH is 1. The fourth-order valence-corrected chi connectivity index (χ4v) is 5.80. The largest absolute Gasteiger partial charge is 0.416 e. The molecule has 2 aliphatic rings. The molecule has 2 atom stereocenters. The number of fused-ring (bicyclic) bond motifs is 1. The number of aliphatic hydroxyl groups is 1. The van der Waals surface area contributed by atoms with Crippen molar-refractivity contribution in [1.82, 2.24) is 19.6 Å². The van der Waals surface area contributed by atoms with Crippen molar-refractivity contribution in [3.63, 3.8) is 0 Å². The van der Waals surface area contributed by atoms with Crippen LogP contribution < -0.4 is 0 Å². The van der Waals surface area contributed by atoms with Gasteiger partial charge in [0.05, 0.1) is 28.7 Å². The van der Waals surface area contributed by atoms with Crippen molar-refractivity contribution in [2.24, 2.45) is 0 Å². The van der Waals surface area contributed by atoms with Gasteiger partial charge >= 0.3 is 6.18 Å². The molecule has 3 heterocycles. The highest BCUT2D eigenvalue weighted by atomic mass is 35.5. The molecule has 2 aliphatic heterocycles. The molecule has 184 valence electrons. The van der Waals surface area contributed by atoms with E-state index >= 15 is 0 Å². The van der Waals surface area contributed by atoms with Crippen LogP contribution in [-0.2, 0) is 17.5 Å². The van der Waals surface area contributed by atoms with Gasteiger partial charge in [-0.2, -0.15) is 18.3 Å². The topological polar surface area (TPSA) is 61.6 Å². The van der Waals surface area contributed by atoms with Crippen LogP contribution in [0.4, 0.5) is 13.2 Å². The molecule has 35 heavy (non-hydrogen) atoms. The van der Waals surface area contributed by atoms with E-state index in [0.29, 0.717) is 10.4 Å². The number of carbonyl (C=O) groups is 1. The summed E-state index contributed by atoms with van der Waals surface area (Å²) in [7, 11) is 1.99. The number of likely N-dealkylation sites (tertiary alicyclic amines) is 1. The van der Waals surface area contributed by atoms with Gasteiger partial charge in [0.1, 0.15) is 0 Å². The van der Waals surface area contributed by atoms with E-state index in [1.807, 2.05) is 13.1 Å². The van der Waals surface area contributed by atoms with E-state index in [1.54, 1.807) is 29.3 Å². The first-order chi connectivity index (χ1) is 16.6. The Kier molecular flexibility index (Phi) is 6.33. The summed E-state index contributed by atoms with van der Waals surface area (Å²) in [4.78, 5) is 17.1. The maximum Gasteiger partial charge on any atom is 0.416 e. The summed E-state index contributed by atoms with van der Waals surface area (Å²) in [6.07, 6.45) is -0.394. The number of nitrogens with zero attached hydrogens (tertiary/aromatic N) is 4. The van der Waals surface area contributed by atoms with E-state index in [9.17, 15) is 23.1 Å². The van der Waals surface area contributed by atoms with Gasteiger partial charge in [-0.15, -0.1) is 0 Å². The summed E-state index contributed by atoms with van der Waals surface area (Å²) in [5.41, 5.74) is -0.232. The second kappa shape index (κ2) is 9.16. The molecular formula is C24H22ClF3N4O2S. The SMILES string of the molecule is CN1CCC(N2C(=O)C(=Cc3ccc4c(cnn4Cc4ccc(Cl)cc4C(F)(F)F)c3)SC2O)C1. The minimum atomic E-state index is -4.53. The molecule has 2 unspecified atom stereocenters. The molecule has 2 fully saturated rings. The predicted molar refractivity (Wildman–Crippen MR) is 130 cm³/mol. The van der Waals surface area contributed by atoms with Gasteiger partial charge in [-0.05, 0) is 61.5 Å². The number of benzene rings is 2. The molecule has 0 spiro atoms. The number of hydrogen-bond acceptors (Lipinski definition) is 5. The Morgan fingerprint density at radius 1 is 1.26 bits per heavy atom. The molecule has 3 aromatic rings. The number of halogens is 4. The Balaban J connectivity index is 1.39. The molecule has 1 aromatic heterocycles. The smallest absolute Gasteiger partial charge is 0.364 e. The van der Waals surface area contributed by atoms with E-state index in [1.165, 1.54) is 16.8 Å². The number of carbonyl (C=O) groups excluding carboxylic acids is 1. The fraction of sp³-hybridized carbons (Fsp3) is 0.333. The molecule has 0 bridgehead atoms. The first kappa shape index (κ1) is 24.2. The fourth-order valence-electron chi connectivity index (χ4n) is 4.61. The van der Waals surface area contributed by atoms with Crippen molar-refractivity contribution in [1.29, 1.82) is 0 Å². The Bertz CT molecular complexity index is 1330. The van der Waals surface area contributed by atoms with Gasteiger partial charge in [-0.3, -0.25) is 14.4 Å². The number of aromatic nitrogens is 2. The van der Waals surface area contributed by atoms with E-state index in [0.717, 1.165) is 48.3 Å². The van der Waals surface area contributed by atoms with E-state index in [-0.39, 0.29) is 29.1 Å². The third kappa shape index (κ3) is 4.80. The number of thioether (sulfide) groups is 1. The van der Waals surface area contributed by atoms with Crippen molar-refractivity contribution >= 4 is 46.2 Å². The summed E-state index contributed by atoms with van der Waals surface area (Å²) < 4.78 is 41.9. The van der Waals surface area contributed by atoms with Crippen LogP contribution in [0.25, 0.3) is 17.0 Å². The van der Waals surface area contributed by atoms with Crippen molar-refractivity contribution in [2.75, 3.05) is 20.1 Å². The third-order valence-electron chi connectivity index (χ3n) is 6.34. The predicted octanol–water partition coefficient (Wildman–Crippen LogP) is 4.65. The van der Waals surface area contributed by atoms with Gasteiger partial charge < -0.3 is 10.0 Å². The van der Waals surface area contributed by atoms with Crippen LogP contribution in [0.3, 0.4) is 0 Å². The number of rotatable bonds is 4. The molecule has 1 amide bonds. The second-order valence-corrected chi connectivity index (χ2v) is 10.3. The van der Waals surface area contributed by atoms with Gasteiger partial charge in [-0.25, -0.2) is 0 Å². The van der Waals surface area contributed by atoms with Crippen LogP contribution in [0.2, 0.25) is 5.02 Å². The second-order valence-electron chi connectivity index (χ2n) is 8.79. The molecule has 0 saturated carbocycles. The van der Waals surface area contributed by atoms with Crippen molar-refractivity contribution in [3.8, 4) is 0 Å². The van der Waals surface area contributed by atoms with Crippen LogP contribution in [0.5, 0.6) is 0 Å². The quantitative estimate of drug-likeness (QED) is 0.505. The number of amides is 1. The molecule has 2 aromatic carbocycles. The molecule has 0 radical (unpaired) electrons. The van der Waals surface area contributed by atoms with Crippen LogP contribution in [0.15, 0.2) is 47.5 Å². The minimum Gasteiger partial charge on any atom is -0.364 e.